The van der Waals surface area contributed by atoms with Gasteiger partial charge in [-0.05, 0) is 43.9 Å². The zero-order valence-corrected chi connectivity index (χ0v) is 11.5. The molecule has 1 N–H and O–H groups in total. The second-order valence-corrected chi connectivity index (χ2v) is 6.12. The number of hydrogen-bond donors (Lipinski definition) is 1. The van der Waals surface area contributed by atoms with Gasteiger partial charge in [-0.25, -0.2) is 0 Å². The zero-order valence-electron chi connectivity index (χ0n) is 9.88. The highest BCUT2D eigenvalue weighted by Crippen LogP contribution is 2.48. The van der Waals surface area contributed by atoms with Crippen molar-refractivity contribution >= 4 is 21.8 Å². The van der Waals surface area contributed by atoms with E-state index in [-0.39, 0.29) is 0 Å². The number of rotatable bonds is 6. The summed E-state index contributed by atoms with van der Waals surface area (Å²) in [6.45, 7) is 0.875. The van der Waals surface area contributed by atoms with Crippen LogP contribution in [0.25, 0.3) is 0 Å². The van der Waals surface area contributed by atoms with Gasteiger partial charge in [0, 0.05) is 17.8 Å². The van der Waals surface area contributed by atoms with Gasteiger partial charge in [-0.2, -0.15) is 0 Å². The number of unbranched alkanes of at least 4 members (excludes halogenated alkanes) is 2. The van der Waals surface area contributed by atoms with E-state index in [0.29, 0.717) is 17.7 Å². The molecular formula is C13H22BrNO. The summed E-state index contributed by atoms with van der Waals surface area (Å²) < 4.78 is 0. The molecule has 0 aliphatic heterocycles. The van der Waals surface area contributed by atoms with Crippen LogP contribution < -0.4 is 5.32 Å². The molecule has 2 bridgehead atoms. The van der Waals surface area contributed by atoms with Crippen molar-refractivity contribution < 1.29 is 4.79 Å². The molecule has 0 heterocycles. The minimum absolute atomic E-state index is 0.339. The summed E-state index contributed by atoms with van der Waals surface area (Å²) in [7, 11) is 0. The Morgan fingerprint density at radius 3 is 2.69 bits per heavy atom. The first-order valence-corrected chi connectivity index (χ1v) is 7.77. The van der Waals surface area contributed by atoms with Gasteiger partial charge in [0.1, 0.15) is 0 Å². The summed E-state index contributed by atoms with van der Waals surface area (Å²) in [5.41, 5.74) is 0. The molecule has 3 unspecified atom stereocenters. The third-order valence-corrected chi connectivity index (χ3v) is 4.75. The van der Waals surface area contributed by atoms with Gasteiger partial charge in [-0.15, -0.1) is 0 Å². The molecule has 0 spiro atoms. The number of nitrogens with one attached hydrogen (secondary N) is 1. The maximum Gasteiger partial charge on any atom is 0.223 e. The molecular weight excluding hydrogens is 266 g/mol. The third-order valence-electron chi connectivity index (χ3n) is 4.18. The van der Waals surface area contributed by atoms with Crippen LogP contribution in [0.3, 0.4) is 0 Å². The van der Waals surface area contributed by atoms with E-state index in [2.05, 4.69) is 21.2 Å². The number of carbonyl (C=O) groups is 1. The van der Waals surface area contributed by atoms with Crippen molar-refractivity contribution in [1.29, 1.82) is 0 Å². The van der Waals surface area contributed by atoms with E-state index in [0.717, 1.165) is 30.6 Å². The quantitative estimate of drug-likeness (QED) is 0.590. The molecule has 2 aliphatic carbocycles. The second kappa shape index (κ2) is 6.04. The maximum atomic E-state index is 11.9. The zero-order chi connectivity index (χ0) is 11.4. The molecule has 2 fully saturated rings. The van der Waals surface area contributed by atoms with Gasteiger partial charge in [0.25, 0.3) is 0 Å². The van der Waals surface area contributed by atoms with Crippen LogP contribution in [0.15, 0.2) is 0 Å². The molecule has 3 heteroatoms. The summed E-state index contributed by atoms with van der Waals surface area (Å²) in [4.78, 5) is 11.9. The van der Waals surface area contributed by atoms with E-state index >= 15 is 0 Å². The van der Waals surface area contributed by atoms with E-state index in [1.807, 2.05) is 0 Å². The number of halogens is 1. The largest absolute Gasteiger partial charge is 0.356 e. The summed E-state index contributed by atoms with van der Waals surface area (Å²) in [5, 5.41) is 4.19. The number of amides is 1. The monoisotopic (exact) mass is 287 g/mol. The van der Waals surface area contributed by atoms with Gasteiger partial charge in [0.05, 0.1) is 0 Å². The molecule has 2 aliphatic rings. The van der Waals surface area contributed by atoms with Crippen molar-refractivity contribution in [1.82, 2.24) is 5.32 Å². The molecule has 92 valence electrons. The molecule has 0 saturated heterocycles. The lowest BCUT2D eigenvalue weighted by Crippen LogP contribution is -2.34. The molecule has 1 amide bonds. The second-order valence-electron chi connectivity index (χ2n) is 5.32. The average molecular weight is 288 g/mol. The van der Waals surface area contributed by atoms with Gasteiger partial charge in [0.15, 0.2) is 0 Å². The Balaban J connectivity index is 1.61. The minimum Gasteiger partial charge on any atom is -0.356 e. The van der Waals surface area contributed by atoms with Crippen molar-refractivity contribution in [3.05, 3.63) is 0 Å². The highest BCUT2D eigenvalue weighted by atomic mass is 79.9. The molecule has 2 saturated carbocycles. The van der Waals surface area contributed by atoms with Crippen LogP contribution in [0, 0.1) is 17.8 Å². The molecule has 0 aromatic heterocycles. The van der Waals surface area contributed by atoms with Gasteiger partial charge in [0.2, 0.25) is 5.91 Å². The highest BCUT2D eigenvalue weighted by molar-refractivity contribution is 9.09. The molecule has 3 atom stereocenters. The lowest BCUT2D eigenvalue weighted by Gasteiger charge is -2.20. The first-order valence-electron chi connectivity index (χ1n) is 6.65. The number of hydrogen-bond acceptors (Lipinski definition) is 1. The standard InChI is InChI=1S/C13H22BrNO/c14-6-2-1-3-7-15-13(16)12-9-10-4-5-11(12)8-10/h10-12H,1-9H2,(H,15,16). The molecule has 0 radical (unpaired) electrons. The Labute approximate surface area is 107 Å². The molecule has 2 nitrogen and oxygen atoms in total. The van der Waals surface area contributed by atoms with Crippen molar-refractivity contribution in [2.24, 2.45) is 17.8 Å². The Morgan fingerprint density at radius 2 is 2.06 bits per heavy atom. The molecule has 0 aromatic carbocycles. The summed E-state index contributed by atoms with van der Waals surface area (Å²) >= 11 is 3.42. The summed E-state index contributed by atoms with van der Waals surface area (Å²) in [6.07, 6.45) is 8.70. The highest BCUT2D eigenvalue weighted by Gasteiger charge is 2.42. The van der Waals surface area contributed by atoms with Crippen LogP contribution in [0.2, 0.25) is 0 Å². The molecule has 0 aromatic rings. The molecule has 16 heavy (non-hydrogen) atoms. The third kappa shape index (κ3) is 2.99. The van der Waals surface area contributed by atoms with Crippen molar-refractivity contribution in [3.63, 3.8) is 0 Å². The fourth-order valence-corrected chi connectivity index (χ4v) is 3.70. The van der Waals surface area contributed by atoms with Crippen LogP contribution in [0.1, 0.15) is 44.9 Å². The van der Waals surface area contributed by atoms with Crippen LogP contribution >= 0.6 is 15.9 Å². The van der Waals surface area contributed by atoms with E-state index in [9.17, 15) is 4.79 Å². The fraction of sp³-hybridized carbons (Fsp3) is 0.923. The van der Waals surface area contributed by atoms with E-state index < -0.39 is 0 Å². The predicted octanol–water partition coefficient (Wildman–Crippen LogP) is 3.10. The van der Waals surface area contributed by atoms with Crippen LogP contribution in [0.4, 0.5) is 0 Å². The lowest BCUT2D eigenvalue weighted by molar-refractivity contribution is -0.126. The maximum absolute atomic E-state index is 11.9. The first kappa shape index (κ1) is 12.4. The predicted molar refractivity (Wildman–Crippen MR) is 69.6 cm³/mol. The number of alkyl halides is 1. The molecule has 2 rings (SSSR count). The van der Waals surface area contributed by atoms with E-state index in [1.54, 1.807) is 0 Å². The Bertz CT molecular complexity index is 244. The average Bonchev–Trinajstić information content (AvgIpc) is 2.90. The number of fused-ring (bicyclic) bond motifs is 2. The van der Waals surface area contributed by atoms with Crippen molar-refractivity contribution in [2.75, 3.05) is 11.9 Å². The van der Waals surface area contributed by atoms with Crippen LogP contribution in [-0.4, -0.2) is 17.8 Å². The Hall–Kier alpha value is -0.0500. The van der Waals surface area contributed by atoms with Gasteiger partial charge in [-0.3, -0.25) is 4.79 Å². The van der Waals surface area contributed by atoms with Crippen molar-refractivity contribution in [3.8, 4) is 0 Å². The first-order chi connectivity index (χ1) is 7.81. The van der Waals surface area contributed by atoms with Gasteiger partial charge < -0.3 is 5.32 Å². The normalized spacial score (nSPS) is 31.9. The smallest absolute Gasteiger partial charge is 0.223 e. The van der Waals surface area contributed by atoms with Gasteiger partial charge in [-0.1, -0.05) is 28.8 Å². The fourth-order valence-electron chi connectivity index (χ4n) is 3.30. The van der Waals surface area contributed by atoms with Crippen molar-refractivity contribution in [2.45, 2.75) is 44.9 Å². The topological polar surface area (TPSA) is 29.1 Å². The minimum atomic E-state index is 0.339. The van der Waals surface area contributed by atoms with Crippen LogP contribution in [0.5, 0.6) is 0 Å². The summed E-state index contributed by atoms with van der Waals surface area (Å²) in [6, 6.07) is 0. The lowest BCUT2D eigenvalue weighted by atomic mass is 9.88. The Kier molecular flexibility index (Phi) is 4.68. The van der Waals surface area contributed by atoms with Gasteiger partial charge >= 0.3 is 0 Å². The van der Waals surface area contributed by atoms with Crippen LogP contribution in [-0.2, 0) is 4.79 Å². The SMILES string of the molecule is O=C(NCCCCCBr)C1CC2CCC1C2. The number of carbonyl (C=O) groups excluding carboxylic acids is 1. The summed E-state index contributed by atoms with van der Waals surface area (Å²) in [5.74, 6) is 2.28. The van der Waals surface area contributed by atoms with E-state index in [4.69, 9.17) is 0 Å². The van der Waals surface area contributed by atoms with E-state index in [1.165, 1.54) is 32.1 Å². The Morgan fingerprint density at radius 1 is 1.19 bits per heavy atom.